The van der Waals surface area contributed by atoms with E-state index < -0.39 is 22.2 Å². The topological polar surface area (TPSA) is 131 Å². The van der Waals surface area contributed by atoms with Crippen molar-refractivity contribution in [2.75, 3.05) is 38.9 Å². The largest absolute Gasteiger partial charge is 0.487 e. The normalized spacial score (nSPS) is 19.6. The van der Waals surface area contributed by atoms with Gasteiger partial charge in [-0.1, -0.05) is 18.8 Å². The van der Waals surface area contributed by atoms with Gasteiger partial charge in [-0.05, 0) is 49.4 Å². The van der Waals surface area contributed by atoms with E-state index in [9.17, 15) is 18.3 Å². The predicted octanol–water partition coefficient (Wildman–Crippen LogP) is 3.14. The van der Waals surface area contributed by atoms with Crippen LogP contribution < -0.4 is 19.5 Å². The Bertz CT molecular complexity index is 1620. The van der Waals surface area contributed by atoms with Crippen LogP contribution >= 0.6 is 0 Å². The second kappa shape index (κ2) is 12.3. The maximum atomic E-state index is 13.7. The highest BCUT2D eigenvalue weighted by Gasteiger charge is 2.38. The first-order valence-corrected chi connectivity index (χ1v) is 14.9. The summed E-state index contributed by atoms with van der Waals surface area (Å²) in [5, 5.41) is 12.7. The number of rotatable bonds is 5. The van der Waals surface area contributed by atoms with Gasteiger partial charge in [0.25, 0.3) is 0 Å². The third kappa shape index (κ3) is 6.28. The number of pyridine rings is 1. The van der Waals surface area contributed by atoms with E-state index in [0.29, 0.717) is 28.3 Å². The van der Waals surface area contributed by atoms with Crippen LogP contribution in [0, 0.1) is 17.8 Å². The molecule has 0 fully saturated rings. The van der Waals surface area contributed by atoms with E-state index in [4.69, 9.17) is 14.2 Å². The number of carbonyl (C=O) groups excluding carboxylic acids is 1. The lowest BCUT2D eigenvalue weighted by molar-refractivity contribution is 0.0830. The summed E-state index contributed by atoms with van der Waals surface area (Å²) in [7, 11) is -2.37. The number of likely N-dealkylation sites (N-methyl/N-ethyl adjacent to an activating group) is 1. The van der Waals surface area contributed by atoms with Gasteiger partial charge in [0, 0.05) is 60.8 Å². The number of amides is 2. The Morgan fingerprint density at radius 1 is 1.14 bits per heavy atom. The second-order valence-corrected chi connectivity index (χ2v) is 12.1. The summed E-state index contributed by atoms with van der Waals surface area (Å²) in [4.78, 5) is 18.6. The van der Waals surface area contributed by atoms with Crippen molar-refractivity contribution < 1.29 is 32.5 Å². The van der Waals surface area contributed by atoms with Crippen molar-refractivity contribution in [3.8, 4) is 29.1 Å². The average Bonchev–Trinajstić information content (AvgIpc) is 3.46. The Morgan fingerprint density at radius 2 is 1.93 bits per heavy atom. The standard InChI is InChI=1S/C30H32N4O7S/c1-20-16-34(21(2)18-35)42(37,38)29-11-8-22(6-7-23-5-4-12-31-15-23)13-27(29)41-28(20)17-33(3)30(36)32-24-9-10-25-26(14-24)40-19-39-25/h4-5,8-15,20-21,28,35H,16-19H2,1-3H3,(H,32,36)/t20-,21+,28-/m1/s1. The molecule has 1 aromatic heterocycles. The first-order valence-electron chi connectivity index (χ1n) is 13.4. The lowest BCUT2D eigenvalue weighted by atomic mass is 10.0. The Hall–Kier alpha value is -4.31. The van der Waals surface area contributed by atoms with Gasteiger partial charge in [0.2, 0.25) is 16.8 Å². The molecule has 2 amide bonds. The number of hydrogen-bond donors (Lipinski definition) is 2. The molecule has 2 aliphatic rings. The molecule has 220 valence electrons. The minimum Gasteiger partial charge on any atom is -0.487 e. The number of aliphatic hydroxyl groups excluding tert-OH is 1. The number of aliphatic hydroxyl groups is 1. The van der Waals surface area contributed by atoms with Crippen LogP contribution in [0.3, 0.4) is 0 Å². The molecule has 12 heteroatoms. The Kier molecular flexibility index (Phi) is 8.54. The maximum absolute atomic E-state index is 13.7. The number of sulfonamides is 1. The number of urea groups is 1. The summed E-state index contributed by atoms with van der Waals surface area (Å²) in [6.07, 6.45) is 2.71. The number of anilines is 1. The monoisotopic (exact) mass is 592 g/mol. The third-order valence-electron chi connectivity index (χ3n) is 7.10. The van der Waals surface area contributed by atoms with E-state index in [0.717, 1.165) is 0 Å². The number of hydrogen-bond acceptors (Lipinski definition) is 8. The molecule has 0 saturated heterocycles. The van der Waals surface area contributed by atoms with E-state index in [1.165, 1.54) is 15.3 Å². The summed E-state index contributed by atoms with van der Waals surface area (Å²) >= 11 is 0. The second-order valence-electron chi connectivity index (χ2n) is 10.3. The van der Waals surface area contributed by atoms with Gasteiger partial charge in [0.15, 0.2) is 11.5 Å². The molecular formula is C30H32N4O7S. The highest BCUT2D eigenvalue weighted by atomic mass is 32.2. The lowest BCUT2D eigenvalue weighted by Gasteiger charge is -2.37. The number of ether oxygens (including phenoxy) is 3. The minimum absolute atomic E-state index is 0.0286. The Balaban J connectivity index is 1.42. The third-order valence-corrected chi connectivity index (χ3v) is 9.12. The SMILES string of the molecule is C[C@@H]1CN([C@@H](C)CO)S(=O)(=O)c2ccc(C#Cc3cccnc3)cc2O[C@@H]1CN(C)C(=O)Nc1ccc2c(c1)OCO2. The molecule has 0 bridgehead atoms. The summed E-state index contributed by atoms with van der Waals surface area (Å²) in [5.41, 5.74) is 1.80. The number of aromatic nitrogens is 1. The number of nitrogens with one attached hydrogen (secondary N) is 1. The highest BCUT2D eigenvalue weighted by Crippen LogP contribution is 2.35. The molecule has 0 unspecified atom stereocenters. The van der Waals surface area contributed by atoms with Crippen LogP contribution in [-0.2, 0) is 10.0 Å². The maximum Gasteiger partial charge on any atom is 0.321 e. The highest BCUT2D eigenvalue weighted by molar-refractivity contribution is 7.89. The van der Waals surface area contributed by atoms with Crippen LogP contribution in [0.4, 0.5) is 10.5 Å². The summed E-state index contributed by atoms with van der Waals surface area (Å²) in [6.45, 7) is 3.54. The Labute approximate surface area is 245 Å². The van der Waals surface area contributed by atoms with Crippen molar-refractivity contribution in [2.24, 2.45) is 5.92 Å². The van der Waals surface area contributed by atoms with Crippen molar-refractivity contribution >= 4 is 21.7 Å². The molecule has 11 nitrogen and oxygen atoms in total. The van der Waals surface area contributed by atoms with E-state index >= 15 is 0 Å². The molecule has 2 aromatic carbocycles. The molecule has 0 spiro atoms. The van der Waals surface area contributed by atoms with Gasteiger partial charge < -0.3 is 29.5 Å². The van der Waals surface area contributed by atoms with Crippen LogP contribution in [0.25, 0.3) is 0 Å². The molecule has 0 aliphatic carbocycles. The molecule has 3 aromatic rings. The van der Waals surface area contributed by atoms with Crippen molar-refractivity contribution in [2.45, 2.75) is 30.9 Å². The molecule has 0 radical (unpaired) electrons. The summed E-state index contributed by atoms with van der Waals surface area (Å²) < 4.78 is 45.8. The lowest BCUT2D eigenvalue weighted by Crippen LogP contribution is -2.50. The van der Waals surface area contributed by atoms with E-state index in [2.05, 4.69) is 22.1 Å². The number of benzene rings is 2. The van der Waals surface area contributed by atoms with E-state index in [1.54, 1.807) is 62.8 Å². The van der Waals surface area contributed by atoms with E-state index in [1.807, 2.05) is 13.0 Å². The zero-order chi connectivity index (χ0) is 29.9. The van der Waals surface area contributed by atoms with Gasteiger partial charge in [-0.2, -0.15) is 4.31 Å². The number of fused-ring (bicyclic) bond motifs is 2. The molecule has 0 saturated carbocycles. The van der Waals surface area contributed by atoms with Crippen molar-refractivity contribution in [1.29, 1.82) is 0 Å². The quantitative estimate of drug-likeness (QED) is 0.432. The molecule has 2 aliphatic heterocycles. The van der Waals surface area contributed by atoms with Crippen molar-refractivity contribution in [3.63, 3.8) is 0 Å². The molecular weight excluding hydrogens is 560 g/mol. The van der Waals surface area contributed by atoms with Crippen molar-refractivity contribution in [3.05, 3.63) is 72.1 Å². The molecule has 2 N–H and O–H groups in total. The Morgan fingerprint density at radius 3 is 2.69 bits per heavy atom. The number of nitrogens with zero attached hydrogens (tertiary/aromatic N) is 3. The summed E-state index contributed by atoms with van der Waals surface area (Å²) in [5.74, 6) is 7.00. The van der Waals surface area contributed by atoms with E-state index in [-0.39, 0.29) is 49.1 Å². The zero-order valence-corrected chi connectivity index (χ0v) is 24.3. The van der Waals surface area contributed by atoms with Crippen LogP contribution in [0.15, 0.2) is 65.8 Å². The number of carbonyl (C=O) groups is 1. The molecule has 42 heavy (non-hydrogen) atoms. The van der Waals surface area contributed by atoms with Gasteiger partial charge in [0.05, 0.1) is 13.2 Å². The molecule has 3 atom stereocenters. The minimum atomic E-state index is -4.01. The fourth-order valence-electron chi connectivity index (χ4n) is 4.65. The fraction of sp³-hybridized carbons (Fsp3) is 0.333. The zero-order valence-electron chi connectivity index (χ0n) is 23.5. The first kappa shape index (κ1) is 29.2. The molecule has 3 heterocycles. The van der Waals surface area contributed by atoms with Crippen LogP contribution in [0.1, 0.15) is 25.0 Å². The van der Waals surface area contributed by atoms with Gasteiger partial charge in [-0.3, -0.25) is 4.98 Å². The van der Waals surface area contributed by atoms with Gasteiger partial charge in [0.1, 0.15) is 16.7 Å². The van der Waals surface area contributed by atoms with Crippen molar-refractivity contribution in [1.82, 2.24) is 14.2 Å². The predicted molar refractivity (Wildman–Crippen MR) is 155 cm³/mol. The van der Waals surface area contributed by atoms with Crippen LogP contribution in [0.5, 0.6) is 17.2 Å². The van der Waals surface area contributed by atoms with Gasteiger partial charge in [-0.25, -0.2) is 13.2 Å². The fourth-order valence-corrected chi connectivity index (χ4v) is 6.47. The molecule has 5 rings (SSSR count). The van der Waals surface area contributed by atoms with Gasteiger partial charge >= 0.3 is 6.03 Å². The summed E-state index contributed by atoms with van der Waals surface area (Å²) in [6, 6.07) is 12.4. The average molecular weight is 593 g/mol. The van der Waals surface area contributed by atoms with Gasteiger partial charge in [-0.15, -0.1) is 0 Å². The van der Waals surface area contributed by atoms with Crippen LogP contribution in [-0.4, -0.2) is 79.4 Å². The smallest absolute Gasteiger partial charge is 0.321 e. The first-order chi connectivity index (χ1) is 20.2. The van der Waals surface area contributed by atoms with Crippen LogP contribution in [0.2, 0.25) is 0 Å².